The van der Waals surface area contributed by atoms with Crippen molar-refractivity contribution in [2.75, 3.05) is 37.9 Å². The molecule has 200 valence electrons. The van der Waals surface area contributed by atoms with Crippen molar-refractivity contribution in [3.05, 3.63) is 101 Å². The van der Waals surface area contributed by atoms with Crippen LogP contribution in [0, 0.1) is 0 Å². The third-order valence-electron chi connectivity index (χ3n) is 6.74. The fourth-order valence-corrected chi connectivity index (χ4v) is 5.79. The van der Waals surface area contributed by atoms with E-state index < -0.39 is 0 Å². The molecule has 5 rings (SSSR count). The van der Waals surface area contributed by atoms with Crippen molar-refractivity contribution in [2.24, 2.45) is 4.99 Å². The van der Waals surface area contributed by atoms with Gasteiger partial charge in [0.2, 0.25) is 0 Å². The lowest BCUT2D eigenvalue weighted by Gasteiger charge is -2.40. The fourth-order valence-electron chi connectivity index (χ4n) is 4.77. The molecule has 1 saturated heterocycles. The Kier molecular flexibility index (Phi) is 8.44. The molecule has 2 aliphatic heterocycles. The number of ether oxygens (including phenoxy) is 2. The molecule has 8 heteroatoms. The summed E-state index contributed by atoms with van der Waals surface area (Å²) in [6.45, 7) is 3.18. The molecular formula is C31H31N3O4S. The van der Waals surface area contributed by atoms with E-state index in [0.29, 0.717) is 29.1 Å². The maximum atomic E-state index is 13.1. The number of methoxy groups -OCH3 is 1. The Labute approximate surface area is 232 Å². The number of nitrogens with one attached hydrogen (secondary N) is 1. The van der Waals surface area contributed by atoms with Crippen molar-refractivity contribution in [1.29, 1.82) is 0 Å². The van der Waals surface area contributed by atoms with E-state index in [2.05, 4.69) is 10.2 Å². The lowest BCUT2D eigenvalue weighted by molar-refractivity contribution is -0.141. The van der Waals surface area contributed by atoms with Gasteiger partial charge in [0.05, 0.1) is 23.9 Å². The maximum Gasteiger partial charge on any atom is 0.338 e. The average molecular weight is 542 g/mol. The Hall–Kier alpha value is -3.88. The highest BCUT2D eigenvalue weighted by Crippen LogP contribution is 2.40. The molecule has 3 aromatic rings. The summed E-state index contributed by atoms with van der Waals surface area (Å²) in [5, 5.41) is 3.91. The summed E-state index contributed by atoms with van der Waals surface area (Å²) in [7, 11) is 1.57. The number of carbonyl (C=O) groups is 2. The van der Waals surface area contributed by atoms with Crippen LogP contribution in [-0.4, -0.2) is 54.6 Å². The quantitative estimate of drug-likeness (QED) is 0.282. The highest BCUT2D eigenvalue weighted by molar-refractivity contribution is 8.13. The van der Waals surface area contributed by atoms with Gasteiger partial charge in [0.25, 0.3) is 5.91 Å². The van der Waals surface area contributed by atoms with Crippen molar-refractivity contribution in [3.63, 3.8) is 0 Å². The van der Waals surface area contributed by atoms with Gasteiger partial charge >= 0.3 is 5.97 Å². The molecule has 0 unspecified atom stereocenters. The predicted molar refractivity (Wildman–Crippen MR) is 156 cm³/mol. The minimum absolute atomic E-state index is 0.181. The van der Waals surface area contributed by atoms with Crippen LogP contribution in [0.5, 0.6) is 0 Å². The Bertz CT molecular complexity index is 1390. The summed E-state index contributed by atoms with van der Waals surface area (Å²) >= 11 is 1.71. The van der Waals surface area contributed by atoms with Gasteiger partial charge in [-0.15, -0.1) is 0 Å². The number of hydrogen-bond acceptors (Lipinski definition) is 7. The normalized spacial score (nSPS) is 16.8. The van der Waals surface area contributed by atoms with Gasteiger partial charge in [-0.3, -0.25) is 4.79 Å². The van der Waals surface area contributed by atoms with E-state index >= 15 is 0 Å². The Morgan fingerprint density at radius 2 is 1.69 bits per heavy atom. The zero-order valence-corrected chi connectivity index (χ0v) is 22.9. The molecule has 7 nitrogen and oxygen atoms in total. The van der Waals surface area contributed by atoms with Crippen LogP contribution in [0.3, 0.4) is 0 Å². The number of benzene rings is 3. The molecule has 1 N–H and O–H groups in total. The molecule has 0 radical (unpaired) electrons. The first-order chi connectivity index (χ1) is 19.0. The molecule has 0 saturated carbocycles. The summed E-state index contributed by atoms with van der Waals surface area (Å²) in [4.78, 5) is 33.0. The minimum atomic E-state index is -0.385. The van der Waals surface area contributed by atoms with Gasteiger partial charge in [0.15, 0.2) is 5.17 Å². The van der Waals surface area contributed by atoms with Gasteiger partial charge in [0, 0.05) is 30.7 Å². The van der Waals surface area contributed by atoms with Gasteiger partial charge in [-0.2, -0.15) is 0 Å². The van der Waals surface area contributed by atoms with E-state index in [9.17, 15) is 9.59 Å². The van der Waals surface area contributed by atoms with Crippen LogP contribution in [0.15, 0.2) is 95.1 Å². The first-order valence-corrected chi connectivity index (χ1v) is 14.0. The lowest BCUT2D eigenvalue weighted by atomic mass is 9.94. The number of aliphatic imine (C=N–C) groups is 1. The molecule has 1 amide bonds. The Morgan fingerprint density at radius 3 is 2.41 bits per heavy atom. The second-order valence-electron chi connectivity index (χ2n) is 9.34. The Morgan fingerprint density at radius 1 is 0.974 bits per heavy atom. The van der Waals surface area contributed by atoms with Gasteiger partial charge in [0.1, 0.15) is 6.61 Å². The van der Waals surface area contributed by atoms with E-state index in [1.807, 2.05) is 85.8 Å². The van der Waals surface area contributed by atoms with Crippen LogP contribution in [0.1, 0.15) is 35.3 Å². The van der Waals surface area contributed by atoms with Crippen molar-refractivity contribution >= 4 is 34.5 Å². The van der Waals surface area contributed by atoms with E-state index in [0.717, 1.165) is 40.6 Å². The SMILES string of the molecule is COCCOC(=O)C1=C(C)N=C2SCCCN2[C@@H]1c1ccc(NC(=O)c2ccc(-c3ccccc3)cc2)cc1. The van der Waals surface area contributed by atoms with Gasteiger partial charge < -0.3 is 19.7 Å². The number of amidine groups is 1. The molecule has 39 heavy (non-hydrogen) atoms. The van der Waals surface area contributed by atoms with Crippen molar-refractivity contribution in [1.82, 2.24) is 4.90 Å². The molecule has 0 aromatic heterocycles. The molecule has 1 fully saturated rings. The predicted octanol–water partition coefficient (Wildman–Crippen LogP) is 5.92. The smallest absolute Gasteiger partial charge is 0.338 e. The molecular weight excluding hydrogens is 510 g/mol. The second-order valence-corrected chi connectivity index (χ2v) is 10.4. The van der Waals surface area contributed by atoms with E-state index in [1.165, 1.54) is 0 Å². The van der Waals surface area contributed by atoms with Crippen LogP contribution in [0.2, 0.25) is 0 Å². The first kappa shape index (κ1) is 26.7. The van der Waals surface area contributed by atoms with Crippen LogP contribution in [-0.2, 0) is 14.3 Å². The minimum Gasteiger partial charge on any atom is -0.460 e. The van der Waals surface area contributed by atoms with E-state index in [4.69, 9.17) is 14.5 Å². The van der Waals surface area contributed by atoms with Crippen molar-refractivity contribution in [3.8, 4) is 11.1 Å². The number of anilines is 1. The highest BCUT2D eigenvalue weighted by Gasteiger charge is 2.37. The molecule has 0 spiro atoms. The number of esters is 1. The number of hydrogen-bond donors (Lipinski definition) is 1. The maximum absolute atomic E-state index is 13.1. The topological polar surface area (TPSA) is 80.2 Å². The molecule has 1 atom stereocenters. The lowest BCUT2D eigenvalue weighted by Crippen LogP contribution is -2.42. The number of allylic oxidation sites excluding steroid dienone is 1. The molecule has 0 bridgehead atoms. The number of amides is 1. The average Bonchev–Trinajstić information content (AvgIpc) is 2.97. The summed E-state index contributed by atoms with van der Waals surface area (Å²) in [6, 6.07) is 25.0. The monoisotopic (exact) mass is 541 g/mol. The third kappa shape index (κ3) is 6.08. The second kappa shape index (κ2) is 12.3. The number of thioether (sulfide) groups is 1. The fraction of sp³-hybridized carbons (Fsp3) is 0.258. The number of nitrogens with zero attached hydrogens (tertiary/aromatic N) is 2. The summed E-state index contributed by atoms with van der Waals surface area (Å²) in [5.41, 5.74) is 5.56. The van der Waals surface area contributed by atoms with Gasteiger partial charge in [-0.1, -0.05) is 66.4 Å². The molecule has 2 heterocycles. The highest BCUT2D eigenvalue weighted by atomic mass is 32.2. The third-order valence-corrected chi connectivity index (χ3v) is 7.81. The zero-order chi connectivity index (χ0) is 27.2. The van der Waals surface area contributed by atoms with Crippen LogP contribution >= 0.6 is 11.8 Å². The van der Waals surface area contributed by atoms with Gasteiger partial charge in [-0.25, -0.2) is 9.79 Å². The number of fused-ring (bicyclic) bond motifs is 1. The van der Waals surface area contributed by atoms with Crippen molar-refractivity contribution < 1.29 is 19.1 Å². The first-order valence-electron chi connectivity index (χ1n) is 13.0. The van der Waals surface area contributed by atoms with Gasteiger partial charge in [-0.05, 0) is 54.3 Å². The van der Waals surface area contributed by atoms with Crippen LogP contribution in [0.25, 0.3) is 11.1 Å². The van der Waals surface area contributed by atoms with E-state index in [-0.39, 0.29) is 24.5 Å². The summed E-state index contributed by atoms with van der Waals surface area (Å²) in [5.74, 6) is 0.435. The molecule has 0 aliphatic carbocycles. The van der Waals surface area contributed by atoms with Crippen LogP contribution < -0.4 is 5.32 Å². The largest absolute Gasteiger partial charge is 0.460 e. The summed E-state index contributed by atoms with van der Waals surface area (Å²) in [6.07, 6.45) is 1.00. The van der Waals surface area contributed by atoms with Crippen molar-refractivity contribution in [2.45, 2.75) is 19.4 Å². The summed E-state index contributed by atoms with van der Waals surface area (Å²) < 4.78 is 10.5. The molecule has 2 aliphatic rings. The number of rotatable bonds is 8. The molecule has 3 aromatic carbocycles. The Balaban J connectivity index is 1.33. The van der Waals surface area contributed by atoms with E-state index in [1.54, 1.807) is 18.9 Å². The van der Waals surface area contributed by atoms with Crippen LogP contribution in [0.4, 0.5) is 5.69 Å². The zero-order valence-electron chi connectivity index (χ0n) is 22.1. The standard InChI is InChI=1S/C31H31N3O4S/c1-21-27(30(36)38-19-18-37-2)28(34-17-6-20-39-31(34)32-21)24-13-15-26(16-14-24)33-29(35)25-11-9-23(10-12-25)22-7-4-3-5-8-22/h3-5,7-16,28H,6,17-20H2,1-2H3,(H,33,35)/t28-/m1/s1. The number of carbonyl (C=O) groups excluding carboxylic acids is 2.